The molecular weight excluding hydrogens is 865 g/mol. The largest absolute Gasteiger partial charge is 0.488 e. The fourth-order valence-corrected chi connectivity index (χ4v) is 11.1. The molecule has 2 aliphatic heterocycles. The fourth-order valence-electron chi connectivity index (χ4n) is 8.89. The quantitative estimate of drug-likeness (QED) is 0.0596. The molecule has 0 aliphatic carbocycles. The zero-order chi connectivity index (χ0) is 46.2. The highest BCUT2D eigenvalue weighted by Gasteiger charge is 2.40. The SMILES string of the molecule is CCC(C)[C@H]1c2nc(-c3ccccc3OCc3ccccc3)cn2CCN1C(=O)[C@@H](N)CSSC[C@H](N)C(=O)N1CCn2cc(-c3ccccc3OCc3ccccc3)nc2[C@@H]1C(C)CC. The Morgan fingerprint density at radius 3 is 1.36 bits per heavy atom. The molecule has 346 valence electrons. The van der Waals surface area contributed by atoms with E-state index in [1.807, 2.05) is 94.7 Å². The van der Waals surface area contributed by atoms with Gasteiger partial charge < -0.3 is 39.9 Å². The molecule has 6 atom stereocenters. The van der Waals surface area contributed by atoms with Gasteiger partial charge >= 0.3 is 0 Å². The number of imidazole rings is 2. The van der Waals surface area contributed by atoms with Crippen molar-refractivity contribution in [2.24, 2.45) is 23.3 Å². The first kappa shape index (κ1) is 47.0. The summed E-state index contributed by atoms with van der Waals surface area (Å²) in [4.78, 5) is 42.6. The van der Waals surface area contributed by atoms with Gasteiger partial charge in [-0.2, -0.15) is 0 Å². The molecule has 2 unspecified atom stereocenters. The molecule has 0 bridgehead atoms. The Balaban J connectivity index is 0.880. The molecule has 4 aromatic carbocycles. The van der Waals surface area contributed by atoms with E-state index in [-0.39, 0.29) is 35.7 Å². The first-order chi connectivity index (χ1) is 32.1. The van der Waals surface area contributed by atoms with Crippen LogP contribution in [0.5, 0.6) is 11.5 Å². The lowest BCUT2D eigenvalue weighted by molar-refractivity contribution is -0.138. The van der Waals surface area contributed by atoms with Gasteiger partial charge in [-0.25, -0.2) is 9.97 Å². The Bertz CT molecular complexity index is 2380. The van der Waals surface area contributed by atoms with Crippen molar-refractivity contribution in [3.05, 3.63) is 144 Å². The second-order valence-electron chi connectivity index (χ2n) is 17.4. The van der Waals surface area contributed by atoms with Gasteiger partial charge in [-0.15, -0.1) is 0 Å². The Morgan fingerprint density at radius 1 is 0.591 bits per heavy atom. The maximum absolute atomic E-state index is 14.2. The maximum Gasteiger partial charge on any atom is 0.241 e. The van der Waals surface area contributed by atoms with Crippen molar-refractivity contribution in [2.75, 3.05) is 24.6 Å². The molecule has 6 aromatic rings. The number of carbonyl (C=O) groups is 2. The lowest BCUT2D eigenvalue weighted by Gasteiger charge is -2.40. The van der Waals surface area contributed by atoms with Gasteiger partial charge in [0.2, 0.25) is 11.8 Å². The number of amides is 2. The summed E-state index contributed by atoms with van der Waals surface area (Å²) in [5, 5.41) is 0. The van der Waals surface area contributed by atoms with E-state index in [0.717, 1.165) is 69.6 Å². The molecule has 2 amide bonds. The lowest BCUT2D eigenvalue weighted by Crippen LogP contribution is -2.52. The van der Waals surface area contributed by atoms with E-state index in [9.17, 15) is 9.59 Å². The summed E-state index contributed by atoms with van der Waals surface area (Å²) < 4.78 is 17.0. The number of benzene rings is 4. The number of para-hydroxylation sites is 2. The normalized spacial score (nSPS) is 17.6. The topological polar surface area (TPSA) is 147 Å². The number of nitrogens with two attached hydrogens (primary N) is 2. The molecule has 0 radical (unpaired) electrons. The number of hydrogen-bond donors (Lipinski definition) is 2. The molecule has 0 saturated carbocycles. The second-order valence-corrected chi connectivity index (χ2v) is 20.0. The van der Waals surface area contributed by atoms with Gasteiger partial charge in [0.05, 0.1) is 35.6 Å². The zero-order valence-corrected chi connectivity index (χ0v) is 40.0. The number of rotatable bonds is 19. The molecule has 66 heavy (non-hydrogen) atoms. The molecule has 8 rings (SSSR count). The smallest absolute Gasteiger partial charge is 0.241 e. The van der Waals surface area contributed by atoms with Gasteiger partial charge in [-0.3, -0.25) is 9.59 Å². The minimum Gasteiger partial charge on any atom is -0.488 e. The molecular formula is C52H62N8O4S2. The van der Waals surface area contributed by atoms with Gasteiger partial charge in [-0.1, -0.05) is 147 Å². The number of fused-ring (bicyclic) bond motifs is 2. The number of ether oxygens (including phenoxy) is 2. The van der Waals surface area contributed by atoms with E-state index in [0.29, 0.717) is 50.9 Å². The molecule has 4 N–H and O–H groups in total. The van der Waals surface area contributed by atoms with E-state index in [2.05, 4.69) is 73.5 Å². The van der Waals surface area contributed by atoms with E-state index in [1.165, 1.54) is 21.6 Å². The average molecular weight is 927 g/mol. The predicted octanol–water partition coefficient (Wildman–Crippen LogP) is 9.17. The fraction of sp³-hybridized carbons (Fsp3) is 0.385. The predicted molar refractivity (Wildman–Crippen MR) is 266 cm³/mol. The molecule has 12 nitrogen and oxygen atoms in total. The summed E-state index contributed by atoms with van der Waals surface area (Å²) in [5.74, 6) is 4.13. The lowest BCUT2D eigenvalue weighted by atomic mass is 9.94. The highest BCUT2D eigenvalue weighted by molar-refractivity contribution is 8.76. The molecule has 0 fully saturated rings. The van der Waals surface area contributed by atoms with Crippen LogP contribution in [0.15, 0.2) is 122 Å². The van der Waals surface area contributed by atoms with Crippen molar-refractivity contribution in [1.29, 1.82) is 0 Å². The highest BCUT2D eigenvalue weighted by atomic mass is 33.1. The molecule has 2 aromatic heterocycles. The number of hydrogen-bond acceptors (Lipinski definition) is 10. The van der Waals surface area contributed by atoms with Crippen molar-refractivity contribution in [1.82, 2.24) is 28.9 Å². The molecule has 2 aliphatic rings. The van der Waals surface area contributed by atoms with Gasteiger partial charge in [0, 0.05) is 61.2 Å². The first-order valence-corrected chi connectivity index (χ1v) is 25.7. The van der Waals surface area contributed by atoms with E-state index < -0.39 is 12.1 Å². The summed E-state index contributed by atoms with van der Waals surface area (Å²) in [7, 11) is 2.98. The minimum absolute atomic E-state index is 0.0962. The van der Waals surface area contributed by atoms with Crippen LogP contribution in [0.1, 0.15) is 75.4 Å². The van der Waals surface area contributed by atoms with Gasteiger partial charge in [-0.05, 0) is 47.2 Å². The van der Waals surface area contributed by atoms with E-state index in [4.69, 9.17) is 30.9 Å². The molecule has 0 spiro atoms. The highest BCUT2D eigenvalue weighted by Crippen LogP contribution is 2.40. The van der Waals surface area contributed by atoms with Gasteiger partial charge in [0.1, 0.15) is 36.4 Å². The standard InChI is InChI=1S/C52H62N8O4S2/c1-5-35(3)47-49-55-43(39-21-13-15-23-45(39)63-31-37-17-9-7-10-18-37)29-57(49)25-27-59(47)51(61)41(53)33-65-66-34-42(54)52(62)60-28-26-58-30-44(56-50(58)48(60)36(4)6-2)40-22-14-16-24-46(40)64-32-38-19-11-8-12-20-38/h7-24,29-30,35-36,41-42,47-48H,5-6,25-28,31-34,53-54H2,1-4H3/t35?,36?,41-,42-,47-,48-/m0/s1. The van der Waals surface area contributed by atoms with Gasteiger partial charge in [0.15, 0.2) is 0 Å². The Morgan fingerprint density at radius 2 is 0.970 bits per heavy atom. The van der Waals surface area contributed by atoms with Crippen molar-refractivity contribution >= 4 is 33.4 Å². The second kappa shape index (κ2) is 21.8. The van der Waals surface area contributed by atoms with Crippen LogP contribution in [-0.4, -0.2) is 77.4 Å². The summed E-state index contributed by atoms with van der Waals surface area (Å²) in [6.07, 6.45) is 5.90. The Labute approximate surface area is 396 Å². The maximum atomic E-state index is 14.2. The monoisotopic (exact) mass is 926 g/mol. The first-order valence-electron chi connectivity index (χ1n) is 23.2. The van der Waals surface area contributed by atoms with Crippen LogP contribution in [0.4, 0.5) is 0 Å². The molecule has 14 heteroatoms. The van der Waals surface area contributed by atoms with Crippen molar-refractivity contribution in [3.63, 3.8) is 0 Å². The summed E-state index contributed by atoms with van der Waals surface area (Å²) >= 11 is 0. The van der Waals surface area contributed by atoms with Crippen molar-refractivity contribution in [3.8, 4) is 34.0 Å². The van der Waals surface area contributed by atoms with Crippen LogP contribution in [0.3, 0.4) is 0 Å². The Hall–Kier alpha value is -5.54. The Kier molecular flexibility index (Phi) is 15.5. The zero-order valence-electron chi connectivity index (χ0n) is 38.4. The van der Waals surface area contributed by atoms with Crippen LogP contribution in [0, 0.1) is 11.8 Å². The van der Waals surface area contributed by atoms with Crippen molar-refractivity contribution in [2.45, 2.75) is 91.0 Å². The van der Waals surface area contributed by atoms with Crippen LogP contribution in [0.25, 0.3) is 22.5 Å². The molecule has 0 saturated heterocycles. The summed E-state index contributed by atoms with van der Waals surface area (Å²) in [6, 6.07) is 34.3. The number of nitrogens with zero attached hydrogens (tertiary/aromatic N) is 6. The average Bonchev–Trinajstić information content (AvgIpc) is 4.00. The summed E-state index contributed by atoms with van der Waals surface area (Å²) in [6.45, 7) is 11.8. The number of aromatic nitrogens is 4. The van der Waals surface area contributed by atoms with Crippen LogP contribution < -0.4 is 20.9 Å². The molecule has 4 heterocycles. The van der Waals surface area contributed by atoms with Crippen molar-refractivity contribution < 1.29 is 19.1 Å². The van der Waals surface area contributed by atoms with Gasteiger partial charge in [0.25, 0.3) is 0 Å². The van der Waals surface area contributed by atoms with E-state index >= 15 is 0 Å². The third-order valence-electron chi connectivity index (χ3n) is 12.9. The van der Waals surface area contributed by atoms with Crippen LogP contribution in [0.2, 0.25) is 0 Å². The minimum atomic E-state index is -0.729. The van der Waals surface area contributed by atoms with Crippen LogP contribution in [-0.2, 0) is 35.9 Å². The van der Waals surface area contributed by atoms with Crippen LogP contribution >= 0.6 is 21.6 Å². The third kappa shape index (κ3) is 10.5. The summed E-state index contributed by atoms with van der Waals surface area (Å²) in [5.41, 5.74) is 19.0. The number of carbonyl (C=O) groups excluding carboxylic acids is 2. The van der Waals surface area contributed by atoms with E-state index in [1.54, 1.807) is 0 Å². The third-order valence-corrected chi connectivity index (χ3v) is 15.4.